The van der Waals surface area contributed by atoms with Crippen LogP contribution in [0.25, 0.3) is 0 Å². The molecule has 0 fully saturated rings. The Hall–Kier alpha value is -0.650. The maximum absolute atomic E-state index is 10.8. The molecule has 0 amide bonds. The zero-order valence-electron chi connectivity index (χ0n) is 8.46. The molecule has 0 radical (unpaired) electrons. The first-order chi connectivity index (χ1) is 6.53. The predicted octanol–water partition coefficient (Wildman–Crippen LogP) is 0.687. The molecule has 80 valence electrons. The van der Waals surface area contributed by atoms with E-state index in [0.29, 0.717) is 19.5 Å². The Bertz CT molecular complexity index is 330. The first kappa shape index (κ1) is 11.4. The molecule has 0 saturated heterocycles. The molecule has 0 aliphatic rings. The third-order valence-corrected chi connectivity index (χ3v) is 2.87. The molecule has 1 unspecified atom stereocenters. The Morgan fingerprint density at radius 3 is 2.93 bits per heavy atom. The van der Waals surface area contributed by atoms with Crippen molar-refractivity contribution in [2.75, 3.05) is 6.54 Å². The van der Waals surface area contributed by atoms with Gasteiger partial charge in [0.05, 0.1) is 5.60 Å². The van der Waals surface area contributed by atoms with E-state index in [1.54, 1.807) is 12.3 Å². The largest absolute Gasteiger partial charge is 0.389 e. The summed E-state index contributed by atoms with van der Waals surface area (Å²) in [5, 5.41) is 14.6. The molecule has 14 heavy (non-hydrogen) atoms. The van der Waals surface area contributed by atoms with E-state index in [1.165, 1.54) is 0 Å². The highest BCUT2D eigenvalue weighted by atomic mass is 32.1. The zero-order valence-corrected chi connectivity index (χ0v) is 9.28. The van der Waals surface area contributed by atoms with Crippen molar-refractivity contribution in [3.05, 3.63) is 20.7 Å². The van der Waals surface area contributed by atoms with Gasteiger partial charge < -0.3 is 15.4 Å². The summed E-state index contributed by atoms with van der Waals surface area (Å²) in [4.78, 5) is 13.5. The molecule has 3 N–H and O–H groups in total. The lowest BCUT2D eigenvalue weighted by Gasteiger charge is -2.21. The summed E-state index contributed by atoms with van der Waals surface area (Å²) in [6, 6.07) is 0. The Kier molecular flexibility index (Phi) is 3.86. The van der Waals surface area contributed by atoms with E-state index in [-0.39, 0.29) is 4.87 Å². The lowest BCUT2D eigenvalue weighted by atomic mass is 10.0. The number of aromatic nitrogens is 1. The number of nitrogens with one attached hydrogen (secondary N) is 2. The standard InChI is InChI=1S/C9H16N2O2S/c1-3-9(2,13)6-10-4-7-5-14-8(12)11-7/h5,10,13H,3-4,6H2,1-2H3,(H,11,12). The van der Waals surface area contributed by atoms with Gasteiger partial charge in [0.25, 0.3) is 0 Å². The van der Waals surface area contributed by atoms with Crippen LogP contribution in [-0.4, -0.2) is 22.2 Å². The fourth-order valence-electron chi connectivity index (χ4n) is 0.992. The SMILES string of the molecule is CCC(C)(O)CNCc1csc(=O)[nH]1. The quantitative estimate of drug-likeness (QED) is 0.678. The molecular weight excluding hydrogens is 200 g/mol. The minimum Gasteiger partial charge on any atom is -0.389 e. The van der Waals surface area contributed by atoms with Crippen molar-refractivity contribution in [1.29, 1.82) is 0 Å². The van der Waals surface area contributed by atoms with Crippen molar-refractivity contribution >= 4 is 11.3 Å². The lowest BCUT2D eigenvalue weighted by molar-refractivity contribution is 0.0555. The van der Waals surface area contributed by atoms with Gasteiger partial charge in [-0.05, 0) is 13.3 Å². The van der Waals surface area contributed by atoms with Crippen molar-refractivity contribution in [3.8, 4) is 0 Å². The summed E-state index contributed by atoms with van der Waals surface area (Å²) in [6.07, 6.45) is 0.708. The Morgan fingerprint density at radius 1 is 1.71 bits per heavy atom. The summed E-state index contributed by atoms with van der Waals surface area (Å²) >= 11 is 1.15. The average Bonchev–Trinajstić information content (AvgIpc) is 2.51. The van der Waals surface area contributed by atoms with Crippen molar-refractivity contribution < 1.29 is 5.11 Å². The molecule has 4 nitrogen and oxygen atoms in total. The monoisotopic (exact) mass is 216 g/mol. The van der Waals surface area contributed by atoms with E-state index in [1.807, 2.05) is 6.92 Å². The second-order valence-electron chi connectivity index (χ2n) is 3.63. The van der Waals surface area contributed by atoms with E-state index < -0.39 is 5.60 Å². The predicted molar refractivity (Wildman–Crippen MR) is 57.6 cm³/mol. The van der Waals surface area contributed by atoms with Crippen molar-refractivity contribution in [1.82, 2.24) is 10.3 Å². The van der Waals surface area contributed by atoms with Gasteiger partial charge in [-0.1, -0.05) is 18.3 Å². The molecule has 0 aliphatic carbocycles. The fraction of sp³-hybridized carbons (Fsp3) is 0.667. The maximum atomic E-state index is 10.8. The molecule has 1 aromatic rings. The number of aliphatic hydroxyl groups is 1. The van der Waals surface area contributed by atoms with Crippen LogP contribution in [0, 0.1) is 0 Å². The molecular formula is C9H16N2O2S. The van der Waals surface area contributed by atoms with Crippen molar-refractivity contribution in [2.45, 2.75) is 32.4 Å². The first-order valence-corrected chi connectivity index (χ1v) is 5.51. The van der Waals surface area contributed by atoms with Crippen LogP contribution in [0.15, 0.2) is 10.2 Å². The summed E-state index contributed by atoms with van der Waals surface area (Å²) in [5.74, 6) is 0. The first-order valence-electron chi connectivity index (χ1n) is 4.63. The van der Waals surface area contributed by atoms with E-state index in [0.717, 1.165) is 17.0 Å². The summed E-state index contributed by atoms with van der Waals surface area (Å²) in [6.45, 7) is 4.85. The van der Waals surface area contributed by atoms with Crippen LogP contribution in [0.3, 0.4) is 0 Å². The van der Waals surface area contributed by atoms with E-state index >= 15 is 0 Å². The molecule has 0 aromatic carbocycles. The van der Waals surface area contributed by atoms with Crippen molar-refractivity contribution in [2.24, 2.45) is 0 Å². The second kappa shape index (κ2) is 4.72. The number of thiazole rings is 1. The molecule has 1 heterocycles. The van der Waals surface area contributed by atoms with Crippen LogP contribution >= 0.6 is 11.3 Å². The Balaban J connectivity index is 2.32. The van der Waals surface area contributed by atoms with Gasteiger partial charge in [0, 0.05) is 24.2 Å². The topological polar surface area (TPSA) is 65.1 Å². The van der Waals surface area contributed by atoms with Gasteiger partial charge in [-0.2, -0.15) is 0 Å². The van der Waals surface area contributed by atoms with Crippen LogP contribution in [0.1, 0.15) is 26.0 Å². The number of rotatable bonds is 5. The van der Waals surface area contributed by atoms with Gasteiger partial charge in [0.2, 0.25) is 0 Å². The fourth-order valence-corrected chi connectivity index (χ4v) is 1.57. The van der Waals surface area contributed by atoms with Crippen LogP contribution < -0.4 is 10.2 Å². The third-order valence-electron chi connectivity index (χ3n) is 2.15. The summed E-state index contributed by atoms with van der Waals surface area (Å²) in [7, 11) is 0. The average molecular weight is 216 g/mol. The van der Waals surface area contributed by atoms with E-state index in [9.17, 15) is 9.90 Å². The summed E-state index contributed by atoms with van der Waals surface area (Å²) in [5.41, 5.74) is 0.197. The molecule has 1 aromatic heterocycles. The smallest absolute Gasteiger partial charge is 0.304 e. The highest BCUT2D eigenvalue weighted by molar-refractivity contribution is 7.07. The zero-order chi connectivity index (χ0) is 10.6. The normalized spacial score (nSPS) is 15.4. The molecule has 0 saturated carbocycles. The third kappa shape index (κ3) is 3.61. The minimum atomic E-state index is -0.670. The maximum Gasteiger partial charge on any atom is 0.304 e. The van der Waals surface area contributed by atoms with E-state index in [2.05, 4.69) is 10.3 Å². The van der Waals surface area contributed by atoms with Gasteiger partial charge in [-0.25, -0.2) is 0 Å². The highest BCUT2D eigenvalue weighted by Crippen LogP contribution is 2.06. The number of hydrogen-bond acceptors (Lipinski definition) is 4. The van der Waals surface area contributed by atoms with Gasteiger partial charge in [0.15, 0.2) is 0 Å². The molecule has 0 aliphatic heterocycles. The van der Waals surface area contributed by atoms with Gasteiger partial charge in [-0.3, -0.25) is 4.79 Å². The van der Waals surface area contributed by atoms with Crippen LogP contribution in [-0.2, 0) is 6.54 Å². The highest BCUT2D eigenvalue weighted by Gasteiger charge is 2.16. The molecule has 0 bridgehead atoms. The second-order valence-corrected chi connectivity index (χ2v) is 4.47. The lowest BCUT2D eigenvalue weighted by Crippen LogP contribution is -2.36. The van der Waals surface area contributed by atoms with Crippen LogP contribution in [0.4, 0.5) is 0 Å². The number of aromatic amines is 1. The Labute approximate surface area is 87.0 Å². The summed E-state index contributed by atoms with van der Waals surface area (Å²) < 4.78 is 0. The molecule has 0 spiro atoms. The minimum absolute atomic E-state index is 0.0379. The Morgan fingerprint density at radius 2 is 2.43 bits per heavy atom. The number of hydrogen-bond donors (Lipinski definition) is 3. The number of H-pyrrole nitrogens is 1. The van der Waals surface area contributed by atoms with Crippen LogP contribution in [0.5, 0.6) is 0 Å². The van der Waals surface area contributed by atoms with Crippen molar-refractivity contribution in [3.63, 3.8) is 0 Å². The molecule has 1 atom stereocenters. The van der Waals surface area contributed by atoms with Crippen LogP contribution in [0.2, 0.25) is 0 Å². The molecule has 1 rings (SSSR count). The molecule has 5 heteroatoms. The van der Waals surface area contributed by atoms with E-state index in [4.69, 9.17) is 0 Å². The van der Waals surface area contributed by atoms with Gasteiger partial charge >= 0.3 is 4.87 Å². The van der Waals surface area contributed by atoms with Gasteiger partial charge in [0.1, 0.15) is 0 Å². The van der Waals surface area contributed by atoms with Gasteiger partial charge in [-0.15, -0.1) is 0 Å².